The van der Waals surface area contributed by atoms with Gasteiger partial charge in [-0.05, 0) is 30.2 Å². The number of anilines is 1. The van der Waals surface area contributed by atoms with Crippen molar-refractivity contribution < 1.29 is 9.59 Å². The lowest BCUT2D eigenvalue weighted by molar-refractivity contribution is -0.126. The Morgan fingerprint density at radius 3 is 2.56 bits per heavy atom. The van der Waals surface area contributed by atoms with E-state index in [0.717, 1.165) is 29.3 Å². The molecule has 5 heteroatoms. The summed E-state index contributed by atoms with van der Waals surface area (Å²) >= 11 is 0. The molecule has 0 bridgehead atoms. The van der Waals surface area contributed by atoms with Crippen molar-refractivity contribution in [1.29, 1.82) is 0 Å². The normalized spacial score (nSPS) is 11.9. The van der Waals surface area contributed by atoms with E-state index in [1.165, 1.54) is 0 Å². The van der Waals surface area contributed by atoms with Crippen LogP contribution in [0.25, 0.3) is 10.9 Å². The van der Waals surface area contributed by atoms with Crippen molar-refractivity contribution in [2.24, 2.45) is 0 Å². The summed E-state index contributed by atoms with van der Waals surface area (Å²) in [6, 6.07) is 16.6. The Bertz CT molecular complexity index is 902. The summed E-state index contributed by atoms with van der Waals surface area (Å²) < 4.78 is 0. The van der Waals surface area contributed by atoms with Gasteiger partial charge >= 0.3 is 0 Å². The van der Waals surface area contributed by atoms with Gasteiger partial charge in [0.15, 0.2) is 0 Å². The van der Waals surface area contributed by atoms with Crippen molar-refractivity contribution in [3.8, 4) is 0 Å². The Hall–Kier alpha value is -3.08. The topological polar surface area (TPSA) is 74.0 Å². The van der Waals surface area contributed by atoms with Gasteiger partial charge in [0.25, 0.3) is 0 Å². The molecule has 0 spiro atoms. The highest BCUT2D eigenvalue weighted by molar-refractivity contribution is 5.98. The van der Waals surface area contributed by atoms with Crippen molar-refractivity contribution in [2.45, 2.75) is 38.6 Å². The maximum Gasteiger partial charge on any atom is 0.247 e. The van der Waals surface area contributed by atoms with E-state index >= 15 is 0 Å². The number of fused-ring (bicyclic) bond motifs is 1. The molecule has 0 unspecified atom stereocenters. The number of hydrogen-bond acceptors (Lipinski definition) is 2. The highest BCUT2D eigenvalue weighted by Crippen LogP contribution is 2.19. The van der Waals surface area contributed by atoms with Gasteiger partial charge in [-0.15, -0.1) is 0 Å². The summed E-state index contributed by atoms with van der Waals surface area (Å²) in [5.74, 6) is -0.304. The summed E-state index contributed by atoms with van der Waals surface area (Å²) in [5.41, 5.74) is 2.75. The summed E-state index contributed by atoms with van der Waals surface area (Å²) in [5, 5.41) is 6.88. The fraction of sp³-hybridized carbons (Fsp3) is 0.273. The number of amides is 2. The van der Waals surface area contributed by atoms with E-state index in [-0.39, 0.29) is 11.8 Å². The van der Waals surface area contributed by atoms with Crippen LogP contribution in [-0.4, -0.2) is 22.8 Å². The first-order chi connectivity index (χ1) is 13.2. The lowest BCUT2D eigenvalue weighted by Gasteiger charge is -2.18. The van der Waals surface area contributed by atoms with Crippen LogP contribution >= 0.6 is 0 Å². The maximum atomic E-state index is 12.8. The molecular weight excluding hydrogens is 338 g/mol. The third-order valence-corrected chi connectivity index (χ3v) is 4.55. The van der Waals surface area contributed by atoms with E-state index in [2.05, 4.69) is 15.6 Å². The minimum absolute atomic E-state index is 0.0927. The lowest BCUT2D eigenvalue weighted by Crippen LogP contribution is -2.45. The van der Waals surface area contributed by atoms with Crippen LogP contribution in [0.1, 0.15) is 31.7 Å². The van der Waals surface area contributed by atoms with Crippen LogP contribution < -0.4 is 10.6 Å². The molecule has 0 aliphatic rings. The number of para-hydroxylation sites is 2. The van der Waals surface area contributed by atoms with E-state index in [1.807, 2.05) is 67.7 Å². The van der Waals surface area contributed by atoms with Gasteiger partial charge < -0.3 is 15.6 Å². The number of nitrogens with one attached hydrogen (secondary N) is 3. The van der Waals surface area contributed by atoms with Crippen molar-refractivity contribution >= 4 is 28.4 Å². The summed E-state index contributed by atoms with van der Waals surface area (Å²) in [7, 11) is 0. The second kappa shape index (κ2) is 9.03. The zero-order valence-corrected chi connectivity index (χ0v) is 15.5. The number of H-pyrrole nitrogens is 1. The molecule has 0 fully saturated rings. The summed E-state index contributed by atoms with van der Waals surface area (Å²) in [6.07, 6.45) is 4.52. The molecule has 3 N–H and O–H groups in total. The number of rotatable bonds is 8. The van der Waals surface area contributed by atoms with Crippen LogP contribution in [0.5, 0.6) is 0 Å². The molecule has 140 valence electrons. The number of aromatic amines is 1. The molecule has 5 nitrogen and oxygen atoms in total. The predicted molar refractivity (Wildman–Crippen MR) is 109 cm³/mol. The summed E-state index contributed by atoms with van der Waals surface area (Å²) in [4.78, 5) is 28.3. The molecule has 2 aromatic carbocycles. The zero-order valence-electron chi connectivity index (χ0n) is 15.5. The molecular formula is C22H25N3O2. The fourth-order valence-corrected chi connectivity index (χ4v) is 3.08. The van der Waals surface area contributed by atoms with Gasteiger partial charge in [-0.3, -0.25) is 9.59 Å². The van der Waals surface area contributed by atoms with Crippen molar-refractivity contribution in [3.63, 3.8) is 0 Å². The van der Waals surface area contributed by atoms with E-state index < -0.39 is 6.04 Å². The van der Waals surface area contributed by atoms with Gasteiger partial charge in [0.1, 0.15) is 6.04 Å². The first kappa shape index (κ1) is 18.7. The Morgan fingerprint density at radius 2 is 1.78 bits per heavy atom. The second-order valence-electron chi connectivity index (χ2n) is 6.64. The number of aromatic nitrogens is 1. The Balaban J connectivity index is 1.78. The monoisotopic (exact) mass is 363 g/mol. The minimum atomic E-state index is -0.631. The van der Waals surface area contributed by atoms with Crippen LogP contribution in [0.2, 0.25) is 0 Å². The number of unbranched alkanes of at least 4 members (excludes halogenated alkanes) is 1. The van der Waals surface area contributed by atoms with E-state index in [0.29, 0.717) is 18.5 Å². The van der Waals surface area contributed by atoms with Gasteiger partial charge in [-0.1, -0.05) is 49.7 Å². The molecule has 27 heavy (non-hydrogen) atoms. The Labute approximate surface area is 159 Å². The van der Waals surface area contributed by atoms with Crippen LogP contribution in [-0.2, 0) is 16.0 Å². The molecule has 1 atom stereocenters. The number of hydrogen-bond donors (Lipinski definition) is 3. The highest BCUT2D eigenvalue weighted by Gasteiger charge is 2.22. The van der Waals surface area contributed by atoms with Crippen molar-refractivity contribution in [1.82, 2.24) is 10.3 Å². The van der Waals surface area contributed by atoms with Gasteiger partial charge in [0.05, 0.1) is 0 Å². The quantitative estimate of drug-likeness (QED) is 0.565. The first-order valence-electron chi connectivity index (χ1n) is 9.37. The smallest absolute Gasteiger partial charge is 0.247 e. The molecule has 1 aromatic heterocycles. The van der Waals surface area contributed by atoms with E-state index in [4.69, 9.17) is 0 Å². The van der Waals surface area contributed by atoms with Crippen LogP contribution in [0, 0.1) is 0 Å². The van der Waals surface area contributed by atoms with Crippen molar-refractivity contribution in [2.75, 3.05) is 5.32 Å². The van der Waals surface area contributed by atoms with Crippen LogP contribution in [0.4, 0.5) is 5.69 Å². The average Bonchev–Trinajstić information content (AvgIpc) is 3.09. The molecule has 0 saturated heterocycles. The summed E-state index contributed by atoms with van der Waals surface area (Å²) in [6.45, 7) is 2.04. The zero-order chi connectivity index (χ0) is 19.1. The van der Waals surface area contributed by atoms with E-state index in [9.17, 15) is 9.59 Å². The highest BCUT2D eigenvalue weighted by atomic mass is 16.2. The molecule has 0 aliphatic carbocycles. The standard InChI is InChI=1S/C22H25N3O2/c1-2-3-13-21(26)25-20(22(27)24-17-9-5-4-6-10-17)14-16-15-23-19-12-8-7-11-18(16)19/h4-12,15,20,23H,2-3,13-14H2,1H3,(H,24,27)(H,25,26)/t20-/m0/s1. The molecule has 3 rings (SSSR count). The Morgan fingerprint density at radius 1 is 1.04 bits per heavy atom. The number of carbonyl (C=O) groups excluding carboxylic acids is 2. The molecule has 1 heterocycles. The fourth-order valence-electron chi connectivity index (χ4n) is 3.08. The SMILES string of the molecule is CCCCC(=O)N[C@@H](Cc1c[nH]c2ccccc12)C(=O)Nc1ccccc1. The molecule has 0 aliphatic heterocycles. The lowest BCUT2D eigenvalue weighted by atomic mass is 10.0. The number of benzene rings is 2. The third kappa shape index (κ3) is 4.97. The maximum absolute atomic E-state index is 12.8. The van der Waals surface area contributed by atoms with Gasteiger partial charge in [0, 0.05) is 35.6 Å². The van der Waals surface area contributed by atoms with Crippen molar-refractivity contribution in [3.05, 3.63) is 66.4 Å². The molecule has 0 saturated carbocycles. The molecule has 3 aromatic rings. The number of carbonyl (C=O) groups is 2. The average molecular weight is 363 g/mol. The molecule has 2 amide bonds. The van der Waals surface area contributed by atoms with Crippen LogP contribution in [0.15, 0.2) is 60.8 Å². The second-order valence-corrected chi connectivity index (χ2v) is 6.64. The van der Waals surface area contributed by atoms with Gasteiger partial charge in [-0.2, -0.15) is 0 Å². The Kier molecular flexibility index (Phi) is 6.26. The van der Waals surface area contributed by atoms with Gasteiger partial charge in [-0.25, -0.2) is 0 Å². The minimum Gasteiger partial charge on any atom is -0.361 e. The molecule has 0 radical (unpaired) electrons. The third-order valence-electron chi connectivity index (χ3n) is 4.55. The van der Waals surface area contributed by atoms with Gasteiger partial charge in [0.2, 0.25) is 11.8 Å². The largest absolute Gasteiger partial charge is 0.361 e. The first-order valence-corrected chi connectivity index (χ1v) is 9.37. The predicted octanol–water partition coefficient (Wildman–Crippen LogP) is 4.02. The van der Waals surface area contributed by atoms with E-state index in [1.54, 1.807) is 0 Å². The van der Waals surface area contributed by atoms with Crippen LogP contribution in [0.3, 0.4) is 0 Å².